The average molecular weight is 295 g/mol. The van der Waals surface area contributed by atoms with Crippen LogP contribution < -0.4 is 10.6 Å². The molecule has 112 valence electrons. The van der Waals surface area contributed by atoms with Crippen LogP contribution in [0.4, 0.5) is 11.6 Å². The molecule has 2 aromatic heterocycles. The Kier molecular flexibility index (Phi) is 4.00. The van der Waals surface area contributed by atoms with E-state index in [1.54, 1.807) is 12.1 Å². The van der Waals surface area contributed by atoms with Gasteiger partial charge in [-0.25, -0.2) is 0 Å². The number of benzene rings is 1. The SMILES string of the molecule is CC(=O)Nc1ccc(NCCc2c[nH]c3ccccc23)nn1. The maximum absolute atomic E-state index is 10.9. The van der Waals surface area contributed by atoms with Crippen molar-refractivity contribution < 1.29 is 4.79 Å². The summed E-state index contributed by atoms with van der Waals surface area (Å²) in [5, 5.41) is 15.0. The van der Waals surface area contributed by atoms with E-state index in [-0.39, 0.29) is 5.91 Å². The molecule has 1 amide bonds. The van der Waals surface area contributed by atoms with Crippen LogP contribution in [-0.4, -0.2) is 27.6 Å². The van der Waals surface area contributed by atoms with Gasteiger partial charge in [0.05, 0.1) is 0 Å². The molecule has 0 aliphatic carbocycles. The number of anilines is 2. The third-order valence-electron chi connectivity index (χ3n) is 3.34. The van der Waals surface area contributed by atoms with Gasteiger partial charge in [0.2, 0.25) is 5.91 Å². The number of hydrogen-bond acceptors (Lipinski definition) is 4. The van der Waals surface area contributed by atoms with E-state index in [0.717, 1.165) is 18.5 Å². The minimum atomic E-state index is -0.158. The first-order valence-corrected chi connectivity index (χ1v) is 7.12. The molecule has 3 aromatic rings. The highest BCUT2D eigenvalue weighted by molar-refractivity contribution is 5.87. The van der Waals surface area contributed by atoms with E-state index < -0.39 is 0 Å². The quantitative estimate of drug-likeness (QED) is 0.675. The summed E-state index contributed by atoms with van der Waals surface area (Å²) in [5.41, 5.74) is 2.42. The van der Waals surface area contributed by atoms with Crippen molar-refractivity contribution in [3.05, 3.63) is 48.2 Å². The van der Waals surface area contributed by atoms with Crippen molar-refractivity contribution in [2.45, 2.75) is 13.3 Å². The van der Waals surface area contributed by atoms with E-state index in [2.05, 4.69) is 37.9 Å². The molecule has 0 aliphatic rings. The van der Waals surface area contributed by atoms with E-state index in [4.69, 9.17) is 0 Å². The van der Waals surface area contributed by atoms with Crippen molar-refractivity contribution in [3.63, 3.8) is 0 Å². The second-order valence-corrected chi connectivity index (χ2v) is 5.02. The number of nitrogens with one attached hydrogen (secondary N) is 3. The molecule has 0 aliphatic heterocycles. The molecule has 1 aromatic carbocycles. The zero-order valence-electron chi connectivity index (χ0n) is 12.3. The zero-order valence-corrected chi connectivity index (χ0v) is 12.3. The molecule has 0 bridgehead atoms. The van der Waals surface area contributed by atoms with Crippen molar-refractivity contribution in [2.75, 3.05) is 17.2 Å². The average Bonchev–Trinajstić information content (AvgIpc) is 2.92. The van der Waals surface area contributed by atoms with Gasteiger partial charge in [0, 0.05) is 30.6 Å². The van der Waals surface area contributed by atoms with Crippen LogP contribution in [0.5, 0.6) is 0 Å². The maximum atomic E-state index is 10.9. The summed E-state index contributed by atoms with van der Waals surface area (Å²) >= 11 is 0. The molecular weight excluding hydrogens is 278 g/mol. The number of carbonyl (C=O) groups is 1. The third-order valence-corrected chi connectivity index (χ3v) is 3.34. The molecule has 0 atom stereocenters. The molecule has 6 nitrogen and oxygen atoms in total. The van der Waals surface area contributed by atoms with Crippen molar-refractivity contribution in [2.24, 2.45) is 0 Å². The van der Waals surface area contributed by atoms with Gasteiger partial charge in [-0.3, -0.25) is 4.79 Å². The van der Waals surface area contributed by atoms with Crippen LogP contribution >= 0.6 is 0 Å². The summed E-state index contributed by atoms with van der Waals surface area (Å²) < 4.78 is 0. The monoisotopic (exact) mass is 295 g/mol. The number of hydrogen-bond donors (Lipinski definition) is 3. The first-order chi connectivity index (χ1) is 10.7. The summed E-state index contributed by atoms with van der Waals surface area (Å²) in [6.45, 7) is 2.20. The van der Waals surface area contributed by atoms with Crippen molar-refractivity contribution in [1.29, 1.82) is 0 Å². The number of carbonyl (C=O) groups excluding carboxylic acids is 1. The molecule has 0 saturated heterocycles. The zero-order chi connectivity index (χ0) is 15.4. The predicted molar refractivity (Wildman–Crippen MR) is 86.8 cm³/mol. The van der Waals surface area contributed by atoms with Gasteiger partial charge in [-0.15, -0.1) is 10.2 Å². The molecule has 0 radical (unpaired) electrons. The van der Waals surface area contributed by atoms with E-state index in [9.17, 15) is 4.79 Å². The van der Waals surface area contributed by atoms with Crippen LogP contribution in [0.1, 0.15) is 12.5 Å². The number of para-hydroxylation sites is 1. The number of rotatable bonds is 5. The molecule has 2 heterocycles. The number of fused-ring (bicyclic) bond motifs is 1. The van der Waals surface area contributed by atoms with E-state index in [1.807, 2.05) is 18.3 Å². The van der Waals surface area contributed by atoms with Gasteiger partial charge in [0.25, 0.3) is 0 Å². The Morgan fingerprint density at radius 3 is 2.68 bits per heavy atom. The molecule has 6 heteroatoms. The second-order valence-electron chi connectivity index (χ2n) is 5.02. The lowest BCUT2D eigenvalue weighted by atomic mass is 10.1. The Morgan fingerprint density at radius 2 is 1.91 bits per heavy atom. The van der Waals surface area contributed by atoms with E-state index in [0.29, 0.717) is 11.6 Å². The van der Waals surface area contributed by atoms with Gasteiger partial charge in [-0.2, -0.15) is 0 Å². The Bertz CT molecular complexity index is 779. The molecule has 3 N–H and O–H groups in total. The standard InChI is InChI=1S/C16H17N5O/c1-11(22)19-16-7-6-15(20-21-16)17-9-8-12-10-18-14-5-3-2-4-13(12)14/h2-7,10,18H,8-9H2,1H3,(H,17,20)(H,19,21,22). The van der Waals surface area contributed by atoms with Crippen LogP contribution in [0, 0.1) is 0 Å². The Hall–Kier alpha value is -2.89. The highest BCUT2D eigenvalue weighted by Gasteiger charge is 2.03. The van der Waals surface area contributed by atoms with Crippen LogP contribution in [0.2, 0.25) is 0 Å². The lowest BCUT2D eigenvalue weighted by molar-refractivity contribution is -0.114. The van der Waals surface area contributed by atoms with Gasteiger partial charge in [-0.05, 0) is 30.2 Å². The smallest absolute Gasteiger partial charge is 0.222 e. The van der Waals surface area contributed by atoms with Crippen molar-refractivity contribution in [1.82, 2.24) is 15.2 Å². The molecule has 22 heavy (non-hydrogen) atoms. The van der Waals surface area contributed by atoms with Gasteiger partial charge in [0.15, 0.2) is 5.82 Å². The summed E-state index contributed by atoms with van der Waals surface area (Å²) in [4.78, 5) is 14.2. The minimum Gasteiger partial charge on any atom is -0.368 e. The fourth-order valence-corrected chi connectivity index (χ4v) is 2.34. The number of aromatic amines is 1. The fraction of sp³-hybridized carbons (Fsp3) is 0.188. The van der Waals surface area contributed by atoms with Gasteiger partial charge in [-0.1, -0.05) is 18.2 Å². The topological polar surface area (TPSA) is 82.7 Å². The van der Waals surface area contributed by atoms with E-state index in [1.165, 1.54) is 17.9 Å². The summed E-state index contributed by atoms with van der Waals surface area (Å²) in [6, 6.07) is 11.8. The Labute approximate surface area is 128 Å². The number of amides is 1. The molecular formula is C16H17N5O. The predicted octanol–water partition coefficient (Wildman–Crippen LogP) is 2.57. The minimum absolute atomic E-state index is 0.158. The van der Waals surface area contributed by atoms with Crippen molar-refractivity contribution in [3.8, 4) is 0 Å². The number of aromatic nitrogens is 3. The maximum Gasteiger partial charge on any atom is 0.222 e. The Morgan fingerprint density at radius 1 is 1.14 bits per heavy atom. The van der Waals surface area contributed by atoms with Crippen LogP contribution in [-0.2, 0) is 11.2 Å². The van der Waals surface area contributed by atoms with Crippen LogP contribution in [0.25, 0.3) is 10.9 Å². The van der Waals surface area contributed by atoms with Gasteiger partial charge in [0.1, 0.15) is 5.82 Å². The molecule has 3 rings (SSSR count). The highest BCUT2D eigenvalue weighted by atomic mass is 16.1. The lowest BCUT2D eigenvalue weighted by Crippen LogP contribution is -2.10. The van der Waals surface area contributed by atoms with Crippen molar-refractivity contribution >= 4 is 28.4 Å². The van der Waals surface area contributed by atoms with Crippen LogP contribution in [0.3, 0.4) is 0 Å². The second kappa shape index (κ2) is 6.26. The normalized spacial score (nSPS) is 10.6. The molecule has 0 unspecified atom stereocenters. The summed E-state index contributed by atoms with van der Waals surface area (Å²) in [5.74, 6) is 0.984. The fourth-order valence-electron chi connectivity index (χ4n) is 2.34. The summed E-state index contributed by atoms with van der Waals surface area (Å²) in [7, 11) is 0. The molecule has 0 fully saturated rings. The third kappa shape index (κ3) is 3.22. The first kappa shape index (κ1) is 14.1. The largest absolute Gasteiger partial charge is 0.368 e. The summed E-state index contributed by atoms with van der Waals surface area (Å²) in [6.07, 6.45) is 2.93. The van der Waals surface area contributed by atoms with Crippen LogP contribution in [0.15, 0.2) is 42.6 Å². The van der Waals surface area contributed by atoms with Gasteiger partial charge >= 0.3 is 0 Å². The number of H-pyrrole nitrogens is 1. The van der Waals surface area contributed by atoms with E-state index >= 15 is 0 Å². The Balaban J connectivity index is 1.57. The van der Waals surface area contributed by atoms with Gasteiger partial charge < -0.3 is 15.6 Å². The number of nitrogens with zero attached hydrogens (tertiary/aromatic N) is 2. The molecule has 0 spiro atoms. The lowest BCUT2D eigenvalue weighted by Gasteiger charge is -2.05. The first-order valence-electron chi connectivity index (χ1n) is 7.12. The molecule has 0 saturated carbocycles. The highest BCUT2D eigenvalue weighted by Crippen LogP contribution is 2.18.